The standard InChI is InChI=1S/C4H4ClN3/c1-2-4(3-5)7-8-6/h1,3H2. The molecule has 0 aromatic heterocycles. The van der Waals surface area contributed by atoms with Gasteiger partial charge < -0.3 is 0 Å². The van der Waals surface area contributed by atoms with Gasteiger partial charge in [-0.1, -0.05) is 11.7 Å². The van der Waals surface area contributed by atoms with Gasteiger partial charge in [-0.25, -0.2) is 0 Å². The highest BCUT2D eigenvalue weighted by atomic mass is 35.5. The normalized spacial score (nSPS) is 6.62. The highest BCUT2D eigenvalue weighted by molar-refractivity contribution is 6.19. The molecule has 0 atom stereocenters. The summed E-state index contributed by atoms with van der Waals surface area (Å²) in [5.74, 6) is 0.160. The molecule has 0 aliphatic carbocycles. The van der Waals surface area contributed by atoms with Crippen LogP contribution in [0.5, 0.6) is 0 Å². The van der Waals surface area contributed by atoms with Crippen LogP contribution >= 0.6 is 11.6 Å². The van der Waals surface area contributed by atoms with E-state index in [2.05, 4.69) is 22.3 Å². The van der Waals surface area contributed by atoms with Crippen LogP contribution in [0.25, 0.3) is 10.4 Å². The van der Waals surface area contributed by atoms with Crippen molar-refractivity contribution >= 4 is 11.6 Å². The molecule has 3 nitrogen and oxygen atoms in total. The third-order valence-electron chi connectivity index (χ3n) is 0.496. The van der Waals surface area contributed by atoms with Gasteiger partial charge in [0.1, 0.15) is 0 Å². The van der Waals surface area contributed by atoms with E-state index in [1.807, 2.05) is 0 Å². The summed E-state index contributed by atoms with van der Waals surface area (Å²) in [5, 5.41) is 3.15. The summed E-state index contributed by atoms with van der Waals surface area (Å²) in [6.45, 7) is 3.24. The molecule has 0 fully saturated rings. The van der Waals surface area contributed by atoms with Crippen LogP contribution in [-0.4, -0.2) is 5.88 Å². The average Bonchev–Trinajstić information content (AvgIpc) is 1.83. The summed E-state index contributed by atoms with van der Waals surface area (Å²) < 4.78 is 0. The monoisotopic (exact) mass is 129 g/mol. The lowest BCUT2D eigenvalue weighted by Crippen LogP contribution is -1.70. The van der Waals surface area contributed by atoms with Gasteiger partial charge in [0.25, 0.3) is 0 Å². The average molecular weight is 130 g/mol. The van der Waals surface area contributed by atoms with Crippen LogP contribution in [0.3, 0.4) is 0 Å². The Balaban J connectivity index is 4.13. The Labute approximate surface area is 51.9 Å². The highest BCUT2D eigenvalue weighted by Crippen LogP contribution is 1.95. The smallest absolute Gasteiger partial charge is 0.0712 e. The van der Waals surface area contributed by atoms with Crippen molar-refractivity contribution in [2.45, 2.75) is 0 Å². The number of halogens is 1. The molecule has 0 unspecified atom stereocenters. The maximum absolute atomic E-state index is 7.81. The molecule has 0 saturated heterocycles. The Kier molecular flexibility index (Phi) is 3.81. The zero-order chi connectivity index (χ0) is 6.41. The molecule has 0 aromatic carbocycles. The molecule has 4 heteroatoms. The molecule has 0 saturated carbocycles. The zero-order valence-corrected chi connectivity index (χ0v) is 4.89. The second-order valence-electron chi connectivity index (χ2n) is 0.947. The molecule has 0 N–H and O–H groups in total. The number of alkyl halides is 1. The van der Waals surface area contributed by atoms with Gasteiger partial charge in [0.2, 0.25) is 0 Å². The maximum atomic E-state index is 7.81. The Morgan fingerprint density at radius 1 is 2.00 bits per heavy atom. The molecule has 0 aromatic rings. The number of azide groups is 1. The highest BCUT2D eigenvalue weighted by Gasteiger charge is 1.82. The number of rotatable bonds is 2. The minimum atomic E-state index is 0.160. The van der Waals surface area contributed by atoms with Crippen LogP contribution < -0.4 is 0 Å². The largest absolute Gasteiger partial charge is 0.122 e. The first-order valence-electron chi connectivity index (χ1n) is 1.85. The topological polar surface area (TPSA) is 48.8 Å². The lowest BCUT2D eigenvalue weighted by molar-refractivity contribution is 1.29. The lowest BCUT2D eigenvalue weighted by atomic mass is 10.6. The van der Waals surface area contributed by atoms with Crippen molar-refractivity contribution in [1.82, 2.24) is 0 Å². The molecule has 0 aliphatic heterocycles. The van der Waals surface area contributed by atoms with E-state index in [1.165, 1.54) is 0 Å². The van der Waals surface area contributed by atoms with E-state index in [4.69, 9.17) is 17.1 Å². The Morgan fingerprint density at radius 3 is 2.75 bits per heavy atom. The SMILES string of the molecule is C=C=C(CCl)N=[N+]=[N-]. The van der Waals surface area contributed by atoms with Crippen molar-refractivity contribution in [2.75, 3.05) is 5.88 Å². The molecule has 0 aliphatic rings. The summed E-state index contributed by atoms with van der Waals surface area (Å²) >= 11 is 5.24. The molecule has 0 radical (unpaired) electrons. The van der Waals surface area contributed by atoms with Crippen LogP contribution in [0, 0.1) is 0 Å². The maximum Gasteiger partial charge on any atom is 0.0712 e. The van der Waals surface area contributed by atoms with Gasteiger partial charge in [0.15, 0.2) is 0 Å². The van der Waals surface area contributed by atoms with E-state index in [-0.39, 0.29) is 5.88 Å². The Hall–Kier alpha value is -0.880. The molecule has 0 amide bonds. The predicted molar refractivity (Wildman–Crippen MR) is 32.5 cm³/mol. The van der Waals surface area contributed by atoms with Crippen molar-refractivity contribution in [2.24, 2.45) is 5.11 Å². The second kappa shape index (κ2) is 4.28. The van der Waals surface area contributed by atoms with Crippen LogP contribution in [0.2, 0.25) is 0 Å². The quantitative estimate of drug-likeness (QED) is 0.180. The zero-order valence-electron chi connectivity index (χ0n) is 4.13. The first-order chi connectivity index (χ1) is 3.85. The van der Waals surface area contributed by atoms with Gasteiger partial charge in [-0.05, 0) is 5.53 Å². The van der Waals surface area contributed by atoms with Gasteiger partial charge in [0.05, 0.1) is 11.6 Å². The van der Waals surface area contributed by atoms with Crippen LogP contribution in [0.15, 0.2) is 23.1 Å². The van der Waals surface area contributed by atoms with E-state index in [0.717, 1.165) is 0 Å². The minimum absolute atomic E-state index is 0.160. The van der Waals surface area contributed by atoms with E-state index in [0.29, 0.717) is 5.70 Å². The van der Waals surface area contributed by atoms with E-state index >= 15 is 0 Å². The van der Waals surface area contributed by atoms with Gasteiger partial charge in [0, 0.05) is 4.91 Å². The van der Waals surface area contributed by atoms with E-state index in [1.54, 1.807) is 0 Å². The molecule has 0 rings (SSSR count). The Bertz CT molecular complexity index is 162. The summed E-state index contributed by atoms with van der Waals surface area (Å²) in [4.78, 5) is 2.48. The van der Waals surface area contributed by atoms with Crippen molar-refractivity contribution in [1.29, 1.82) is 0 Å². The molecule has 0 heterocycles. The lowest BCUT2D eigenvalue weighted by Gasteiger charge is -1.79. The van der Waals surface area contributed by atoms with Crippen molar-refractivity contribution in [3.63, 3.8) is 0 Å². The van der Waals surface area contributed by atoms with Gasteiger partial charge in [-0.3, -0.25) is 0 Å². The van der Waals surface area contributed by atoms with E-state index < -0.39 is 0 Å². The van der Waals surface area contributed by atoms with Crippen molar-refractivity contribution < 1.29 is 0 Å². The van der Waals surface area contributed by atoms with Gasteiger partial charge in [-0.15, -0.1) is 17.3 Å². The summed E-state index contributed by atoms with van der Waals surface area (Å²) in [7, 11) is 0. The molecule has 0 bridgehead atoms. The molecule has 8 heavy (non-hydrogen) atoms. The molecule has 42 valence electrons. The molecular weight excluding hydrogens is 126 g/mol. The summed E-state index contributed by atoms with van der Waals surface area (Å²) in [6, 6.07) is 0. The first kappa shape index (κ1) is 7.12. The minimum Gasteiger partial charge on any atom is -0.122 e. The van der Waals surface area contributed by atoms with Crippen LogP contribution in [0.4, 0.5) is 0 Å². The Morgan fingerprint density at radius 2 is 2.62 bits per heavy atom. The third kappa shape index (κ3) is 2.32. The van der Waals surface area contributed by atoms with E-state index in [9.17, 15) is 0 Å². The number of hydrogen-bond acceptors (Lipinski definition) is 1. The fourth-order valence-electron chi connectivity index (χ4n) is 0.163. The van der Waals surface area contributed by atoms with Gasteiger partial charge >= 0.3 is 0 Å². The molecule has 0 spiro atoms. The molecular formula is C4H4ClN3. The van der Waals surface area contributed by atoms with Crippen molar-refractivity contribution in [3.05, 3.63) is 28.5 Å². The summed E-state index contributed by atoms with van der Waals surface area (Å²) in [5.41, 5.74) is 10.5. The predicted octanol–water partition coefficient (Wildman–Crippen LogP) is 2.20. The van der Waals surface area contributed by atoms with Gasteiger partial charge in [-0.2, -0.15) is 0 Å². The van der Waals surface area contributed by atoms with Crippen molar-refractivity contribution in [3.8, 4) is 0 Å². The number of hydrogen-bond donors (Lipinski definition) is 0. The first-order valence-corrected chi connectivity index (χ1v) is 2.38. The van der Waals surface area contributed by atoms with Crippen LogP contribution in [0.1, 0.15) is 0 Å². The van der Waals surface area contributed by atoms with Crippen LogP contribution in [-0.2, 0) is 0 Å². The fraction of sp³-hybridized carbons (Fsp3) is 0.250. The number of allylic oxidation sites excluding steroid dienone is 1. The summed E-state index contributed by atoms with van der Waals surface area (Å²) in [6.07, 6.45) is 0. The second-order valence-corrected chi connectivity index (χ2v) is 1.21. The third-order valence-corrected chi connectivity index (χ3v) is 0.749. The fourth-order valence-corrected chi connectivity index (χ4v) is 0.311. The number of nitrogens with zero attached hydrogens (tertiary/aromatic N) is 3.